The van der Waals surface area contributed by atoms with Crippen molar-refractivity contribution in [2.45, 2.75) is 30.5 Å². The van der Waals surface area contributed by atoms with Crippen LogP contribution in [-0.2, 0) is 11.2 Å². The van der Waals surface area contributed by atoms with Crippen LogP contribution in [0.5, 0.6) is 0 Å². The number of halogens is 1. The molecule has 3 aromatic rings. The number of nitrogens with zero attached hydrogens (tertiary/aromatic N) is 2. The summed E-state index contributed by atoms with van der Waals surface area (Å²) in [6.45, 7) is 0. The van der Waals surface area contributed by atoms with Crippen LogP contribution in [0.2, 0.25) is 5.02 Å². The first-order valence-corrected chi connectivity index (χ1v) is 10.2. The molecule has 5 nitrogen and oxygen atoms in total. The summed E-state index contributed by atoms with van der Waals surface area (Å²) in [5.41, 5.74) is 3.23. The predicted molar refractivity (Wildman–Crippen MR) is 106 cm³/mol. The third-order valence-electron chi connectivity index (χ3n) is 4.54. The summed E-state index contributed by atoms with van der Waals surface area (Å²) in [6.07, 6.45) is 3.12. The number of carbonyl (C=O) groups is 1. The molecule has 0 radical (unpaired) electrons. The van der Waals surface area contributed by atoms with Gasteiger partial charge in [0.15, 0.2) is 0 Å². The fourth-order valence-corrected chi connectivity index (χ4v) is 4.07. The van der Waals surface area contributed by atoms with Gasteiger partial charge in [0.25, 0.3) is 5.22 Å². The largest absolute Gasteiger partial charge is 0.411 e. The number of fused-ring (bicyclic) bond motifs is 1. The molecule has 2 aromatic carbocycles. The SMILES string of the molecule is O=C(CSc1nnc(-c2ccccc2Cl)o1)N[C@@H]1CCCc2ccccc21. The second-order valence-corrected chi connectivity index (χ2v) is 7.69. The van der Waals surface area contributed by atoms with E-state index >= 15 is 0 Å². The maximum Gasteiger partial charge on any atom is 0.277 e. The van der Waals surface area contributed by atoms with Gasteiger partial charge in [0.05, 0.1) is 22.4 Å². The quantitative estimate of drug-likeness (QED) is 0.631. The van der Waals surface area contributed by atoms with Gasteiger partial charge in [-0.25, -0.2) is 0 Å². The molecular formula is C20H18ClN3O2S. The van der Waals surface area contributed by atoms with Gasteiger partial charge >= 0.3 is 0 Å². The molecule has 1 amide bonds. The third kappa shape index (κ3) is 4.17. The van der Waals surface area contributed by atoms with Gasteiger partial charge in [0.2, 0.25) is 11.8 Å². The first-order valence-electron chi connectivity index (χ1n) is 8.79. The normalized spacial score (nSPS) is 16.0. The van der Waals surface area contributed by atoms with Crippen molar-refractivity contribution in [1.29, 1.82) is 0 Å². The van der Waals surface area contributed by atoms with Gasteiger partial charge in [-0.2, -0.15) is 0 Å². The Morgan fingerprint density at radius 3 is 2.89 bits per heavy atom. The van der Waals surface area contributed by atoms with Crippen molar-refractivity contribution in [3.8, 4) is 11.5 Å². The molecule has 0 spiro atoms. The van der Waals surface area contributed by atoms with E-state index in [2.05, 4.69) is 27.6 Å². The van der Waals surface area contributed by atoms with Crippen LogP contribution in [0.25, 0.3) is 11.5 Å². The minimum atomic E-state index is -0.0424. The molecule has 7 heteroatoms. The smallest absolute Gasteiger partial charge is 0.277 e. The summed E-state index contributed by atoms with van der Waals surface area (Å²) < 4.78 is 5.62. The fraction of sp³-hybridized carbons (Fsp3) is 0.250. The average molecular weight is 400 g/mol. The van der Waals surface area contributed by atoms with E-state index < -0.39 is 0 Å². The van der Waals surface area contributed by atoms with Crippen molar-refractivity contribution in [3.63, 3.8) is 0 Å². The number of nitrogens with one attached hydrogen (secondary N) is 1. The molecule has 0 unspecified atom stereocenters. The predicted octanol–water partition coefficient (Wildman–Crippen LogP) is 4.68. The molecule has 1 N–H and O–H groups in total. The van der Waals surface area contributed by atoms with E-state index in [0.29, 0.717) is 21.7 Å². The number of aryl methyl sites for hydroxylation is 1. The third-order valence-corrected chi connectivity index (χ3v) is 5.69. The minimum absolute atomic E-state index is 0.0424. The van der Waals surface area contributed by atoms with E-state index in [-0.39, 0.29) is 17.7 Å². The van der Waals surface area contributed by atoms with E-state index in [1.165, 1.54) is 22.9 Å². The summed E-state index contributed by atoms with van der Waals surface area (Å²) in [6, 6.07) is 15.7. The molecule has 1 aliphatic rings. The number of rotatable bonds is 5. The Bertz CT molecular complexity index is 960. The van der Waals surface area contributed by atoms with Gasteiger partial charge in [-0.15, -0.1) is 10.2 Å². The first-order chi connectivity index (χ1) is 13.2. The van der Waals surface area contributed by atoms with Crippen LogP contribution in [0.1, 0.15) is 30.0 Å². The van der Waals surface area contributed by atoms with Crippen LogP contribution >= 0.6 is 23.4 Å². The second-order valence-electron chi connectivity index (χ2n) is 6.35. The van der Waals surface area contributed by atoms with Crippen LogP contribution in [0, 0.1) is 0 Å². The van der Waals surface area contributed by atoms with Crippen molar-refractivity contribution in [2.75, 3.05) is 5.75 Å². The minimum Gasteiger partial charge on any atom is -0.411 e. The van der Waals surface area contributed by atoms with Crippen molar-refractivity contribution in [3.05, 3.63) is 64.7 Å². The van der Waals surface area contributed by atoms with Crippen LogP contribution < -0.4 is 5.32 Å². The summed E-state index contributed by atoms with van der Waals surface area (Å²) in [7, 11) is 0. The number of hydrogen-bond donors (Lipinski definition) is 1. The molecule has 4 rings (SSSR count). The lowest BCUT2D eigenvalue weighted by Crippen LogP contribution is -2.32. The van der Waals surface area contributed by atoms with Gasteiger partial charge in [-0.1, -0.05) is 59.8 Å². The van der Waals surface area contributed by atoms with Crippen LogP contribution in [-0.4, -0.2) is 21.9 Å². The number of amides is 1. The zero-order valence-electron chi connectivity index (χ0n) is 14.5. The van der Waals surface area contributed by atoms with Gasteiger partial charge < -0.3 is 9.73 Å². The summed E-state index contributed by atoms with van der Waals surface area (Å²) in [4.78, 5) is 12.4. The fourth-order valence-electron chi connectivity index (χ4n) is 3.28. The lowest BCUT2D eigenvalue weighted by molar-refractivity contribution is -0.119. The highest BCUT2D eigenvalue weighted by Gasteiger charge is 2.21. The maximum absolute atomic E-state index is 12.4. The van der Waals surface area contributed by atoms with Crippen molar-refractivity contribution in [1.82, 2.24) is 15.5 Å². The molecule has 0 saturated carbocycles. The van der Waals surface area contributed by atoms with Crippen LogP contribution in [0.4, 0.5) is 0 Å². The summed E-state index contributed by atoms with van der Waals surface area (Å²) in [5, 5.41) is 12.0. The number of benzene rings is 2. The monoisotopic (exact) mass is 399 g/mol. The van der Waals surface area contributed by atoms with Gasteiger partial charge in [-0.3, -0.25) is 4.79 Å². The second kappa shape index (κ2) is 8.15. The first kappa shape index (κ1) is 18.1. The molecule has 1 aromatic heterocycles. The van der Waals surface area contributed by atoms with Crippen molar-refractivity contribution in [2.24, 2.45) is 0 Å². The highest BCUT2D eigenvalue weighted by Crippen LogP contribution is 2.30. The molecular weight excluding hydrogens is 382 g/mol. The van der Waals surface area contributed by atoms with Gasteiger partial charge in [0.1, 0.15) is 0 Å². The summed E-state index contributed by atoms with van der Waals surface area (Å²) >= 11 is 7.37. The number of aromatic nitrogens is 2. The van der Waals surface area contributed by atoms with Crippen molar-refractivity contribution < 1.29 is 9.21 Å². The Morgan fingerprint density at radius 2 is 2.00 bits per heavy atom. The van der Waals surface area contributed by atoms with E-state index in [4.69, 9.17) is 16.0 Å². The van der Waals surface area contributed by atoms with E-state index in [1.807, 2.05) is 30.3 Å². The number of thioether (sulfide) groups is 1. The Hall–Kier alpha value is -2.31. The van der Waals surface area contributed by atoms with E-state index in [0.717, 1.165) is 19.3 Å². The maximum atomic E-state index is 12.4. The molecule has 0 saturated heterocycles. The number of carbonyl (C=O) groups excluding carboxylic acids is 1. The molecule has 1 atom stereocenters. The standard InChI is InChI=1S/C20H18ClN3O2S/c21-16-10-4-3-9-15(16)19-23-24-20(26-19)27-12-18(25)22-17-11-5-7-13-6-1-2-8-14(13)17/h1-4,6,8-10,17H,5,7,11-12H2,(H,22,25)/t17-/m1/s1. The molecule has 0 bridgehead atoms. The van der Waals surface area contributed by atoms with Gasteiger partial charge in [0, 0.05) is 0 Å². The molecule has 138 valence electrons. The number of hydrogen-bond acceptors (Lipinski definition) is 5. The van der Waals surface area contributed by atoms with E-state index in [9.17, 15) is 4.79 Å². The molecule has 1 heterocycles. The van der Waals surface area contributed by atoms with E-state index in [1.54, 1.807) is 6.07 Å². The van der Waals surface area contributed by atoms with Crippen LogP contribution in [0.3, 0.4) is 0 Å². The molecule has 0 aliphatic heterocycles. The lowest BCUT2D eigenvalue weighted by atomic mass is 9.88. The highest BCUT2D eigenvalue weighted by atomic mass is 35.5. The van der Waals surface area contributed by atoms with Gasteiger partial charge in [-0.05, 0) is 42.5 Å². The molecule has 0 fully saturated rings. The van der Waals surface area contributed by atoms with Crippen molar-refractivity contribution >= 4 is 29.3 Å². The Labute approximate surface area is 166 Å². The zero-order chi connectivity index (χ0) is 18.6. The highest BCUT2D eigenvalue weighted by molar-refractivity contribution is 7.99. The van der Waals surface area contributed by atoms with Crippen LogP contribution in [0.15, 0.2) is 58.2 Å². The topological polar surface area (TPSA) is 68.0 Å². The average Bonchev–Trinajstić information content (AvgIpc) is 3.16. The lowest BCUT2D eigenvalue weighted by Gasteiger charge is -2.26. The molecule has 27 heavy (non-hydrogen) atoms. The summed E-state index contributed by atoms with van der Waals surface area (Å²) in [5.74, 6) is 0.534. The Kier molecular flexibility index (Phi) is 5.45. The molecule has 1 aliphatic carbocycles. The Balaban J connectivity index is 1.36. The zero-order valence-corrected chi connectivity index (χ0v) is 16.1. The Morgan fingerprint density at radius 1 is 1.19 bits per heavy atom.